The average molecular weight is 1210 g/mol. The predicted molar refractivity (Wildman–Crippen MR) is 361 cm³/mol. The van der Waals surface area contributed by atoms with Gasteiger partial charge in [0.25, 0.3) is 0 Å². The van der Waals surface area contributed by atoms with Gasteiger partial charge in [-0.3, -0.25) is 9.59 Å². The van der Waals surface area contributed by atoms with Crippen LogP contribution in [0.4, 0.5) is 0 Å². The SMILES string of the molecule is CCCCCC/C=C/CC/C=C/C(O)C(COC1OC(CO)C(O)C(O)C1O)NC(=O)CCCCCCCCCCCCCCCCCCC/C=C\C/C=C\CCCCCCCCCCCOC(=O)CCCCCCC/C=C\CCCCCCCC. The zero-order valence-corrected chi connectivity index (χ0v) is 55.8. The Morgan fingerprint density at radius 3 is 1.23 bits per heavy atom. The summed E-state index contributed by atoms with van der Waals surface area (Å²) in [5, 5.41) is 54.3. The monoisotopic (exact) mass is 1210 g/mol. The molecule has 7 atom stereocenters. The van der Waals surface area contributed by atoms with E-state index in [1.807, 2.05) is 6.08 Å². The third-order valence-corrected chi connectivity index (χ3v) is 17.1. The van der Waals surface area contributed by atoms with E-state index in [0.717, 1.165) is 64.2 Å². The van der Waals surface area contributed by atoms with E-state index >= 15 is 0 Å². The third-order valence-electron chi connectivity index (χ3n) is 17.1. The van der Waals surface area contributed by atoms with Crippen LogP contribution >= 0.6 is 0 Å². The molecule has 6 N–H and O–H groups in total. The van der Waals surface area contributed by atoms with E-state index in [1.54, 1.807) is 6.08 Å². The molecule has 0 aromatic rings. The summed E-state index contributed by atoms with van der Waals surface area (Å²) in [6.45, 7) is 4.30. The molecule has 1 aliphatic rings. The molecule has 1 rings (SSSR count). The van der Waals surface area contributed by atoms with Crippen LogP contribution < -0.4 is 5.32 Å². The quantitative estimate of drug-likeness (QED) is 0.0195. The molecule has 1 aliphatic heterocycles. The number of nitrogens with one attached hydrogen (secondary N) is 1. The topological polar surface area (TPSA) is 175 Å². The van der Waals surface area contributed by atoms with Crippen LogP contribution in [0.2, 0.25) is 0 Å². The summed E-state index contributed by atoms with van der Waals surface area (Å²) >= 11 is 0. The van der Waals surface area contributed by atoms with Gasteiger partial charge in [-0.05, 0) is 103 Å². The fourth-order valence-electron chi connectivity index (χ4n) is 11.3. The summed E-state index contributed by atoms with van der Waals surface area (Å²) in [5.41, 5.74) is 0. The smallest absolute Gasteiger partial charge is 0.305 e. The van der Waals surface area contributed by atoms with E-state index in [1.165, 1.54) is 250 Å². The number of amides is 1. The molecule has 11 heteroatoms. The average Bonchev–Trinajstić information content (AvgIpc) is 2.82. The Kier molecular flexibility index (Phi) is 60.5. The van der Waals surface area contributed by atoms with Crippen molar-refractivity contribution in [2.24, 2.45) is 0 Å². The van der Waals surface area contributed by atoms with Crippen LogP contribution in [0.3, 0.4) is 0 Å². The molecule has 0 bridgehead atoms. The number of aliphatic hydroxyl groups is 5. The highest BCUT2D eigenvalue weighted by atomic mass is 16.7. The van der Waals surface area contributed by atoms with Crippen molar-refractivity contribution in [1.29, 1.82) is 0 Å². The molecule has 0 aromatic heterocycles. The van der Waals surface area contributed by atoms with Gasteiger partial charge in [0.05, 0.1) is 32.0 Å². The number of carbonyl (C=O) groups is 2. The van der Waals surface area contributed by atoms with Crippen molar-refractivity contribution in [2.75, 3.05) is 19.8 Å². The van der Waals surface area contributed by atoms with E-state index in [9.17, 15) is 35.1 Å². The molecule has 0 aliphatic carbocycles. The van der Waals surface area contributed by atoms with Gasteiger partial charge in [-0.1, -0.05) is 286 Å². The second-order valence-corrected chi connectivity index (χ2v) is 25.3. The highest BCUT2D eigenvalue weighted by molar-refractivity contribution is 5.76. The van der Waals surface area contributed by atoms with Gasteiger partial charge in [-0.15, -0.1) is 0 Å². The first kappa shape index (κ1) is 81.4. The van der Waals surface area contributed by atoms with Gasteiger partial charge in [0.2, 0.25) is 5.91 Å². The number of carbonyl (C=O) groups excluding carboxylic acids is 2. The van der Waals surface area contributed by atoms with E-state index in [4.69, 9.17) is 14.2 Å². The van der Waals surface area contributed by atoms with Crippen molar-refractivity contribution in [1.82, 2.24) is 5.32 Å². The summed E-state index contributed by atoms with van der Waals surface area (Å²) in [6.07, 6.45) is 75.2. The Hall–Kier alpha value is -2.64. The molecule has 0 aromatic carbocycles. The normalized spacial score (nSPS) is 18.2. The van der Waals surface area contributed by atoms with Crippen molar-refractivity contribution in [2.45, 2.75) is 384 Å². The Labute approximate surface area is 528 Å². The fourth-order valence-corrected chi connectivity index (χ4v) is 11.3. The van der Waals surface area contributed by atoms with Crippen molar-refractivity contribution in [3.8, 4) is 0 Å². The highest BCUT2D eigenvalue weighted by Gasteiger charge is 2.44. The van der Waals surface area contributed by atoms with E-state index < -0.39 is 49.5 Å². The third kappa shape index (κ3) is 52.2. The van der Waals surface area contributed by atoms with Crippen LogP contribution in [0, 0.1) is 0 Å². The highest BCUT2D eigenvalue weighted by Crippen LogP contribution is 2.23. The molecule has 502 valence electrons. The standard InChI is InChI=1S/C75H137NO10/c1-3-5-7-9-11-13-15-16-36-40-43-47-51-55-59-63-71(80)84-64-60-56-52-48-44-41-38-35-33-31-29-27-25-23-21-19-17-18-20-22-24-26-28-30-32-34-37-39-42-46-50-54-58-62-70(79)76-67(66-85-75-74(83)73(82)72(81)69(65-77)86-75)68(78)61-57-53-49-45-14-12-10-8-6-4-2/h14,16,21,23,27,29,36,45,57,61,67-69,72-75,77-78,81-83H,3-13,15,17-20,22,24-26,28,30-35,37-44,46-56,58-60,62-66H2,1-2H3,(H,76,79)/b23-21-,29-27-,36-16-,45-14+,61-57+. The number of unbranched alkanes of at least 4 members (excludes halogenated alkanes) is 42. The zero-order valence-electron chi connectivity index (χ0n) is 55.8. The lowest BCUT2D eigenvalue weighted by molar-refractivity contribution is -0.302. The lowest BCUT2D eigenvalue weighted by Crippen LogP contribution is -2.60. The van der Waals surface area contributed by atoms with Gasteiger partial charge >= 0.3 is 5.97 Å². The van der Waals surface area contributed by atoms with Gasteiger partial charge in [0.15, 0.2) is 6.29 Å². The molecule has 1 saturated heterocycles. The Morgan fingerprint density at radius 2 is 0.791 bits per heavy atom. The molecule has 86 heavy (non-hydrogen) atoms. The minimum atomic E-state index is -1.58. The minimum Gasteiger partial charge on any atom is -0.466 e. The van der Waals surface area contributed by atoms with Gasteiger partial charge in [0, 0.05) is 12.8 Å². The van der Waals surface area contributed by atoms with E-state index in [0.29, 0.717) is 19.4 Å². The van der Waals surface area contributed by atoms with Crippen LogP contribution in [0.25, 0.3) is 0 Å². The summed E-state index contributed by atoms with van der Waals surface area (Å²) < 4.78 is 16.7. The van der Waals surface area contributed by atoms with Crippen molar-refractivity contribution in [3.63, 3.8) is 0 Å². The maximum atomic E-state index is 13.0. The Balaban J connectivity index is 1.92. The number of rotatable bonds is 64. The molecular formula is C75H137NO10. The molecule has 7 unspecified atom stereocenters. The first-order chi connectivity index (χ1) is 42.2. The lowest BCUT2D eigenvalue weighted by atomic mass is 9.99. The van der Waals surface area contributed by atoms with Crippen LogP contribution in [0.15, 0.2) is 60.8 Å². The molecule has 1 fully saturated rings. The molecule has 0 saturated carbocycles. The number of esters is 1. The van der Waals surface area contributed by atoms with Crippen LogP contribution in [-0.2, 0) is 23.8 Å². The van der Waals surface area contributed by atoms with E-state index in [-0.39, 0.29) is 18.5 Å². The van der Waals surface area contributed by atoms with Crippen LogP contribution in [0.5, 0.6) is 0 Å². The van der Waals surface area contributed by atoms with Crippen molar-refractivity contribution < 1.29 is 49.3 Å². The maximum absolute atomic E-state index is 13.0. The van der Waals surface area contributed by atoms with Crippen molar-refractivity contribution >= 4 is 11.9 Å². The van der Waals surface area contributed by atoms with Gasteiger partial charge in [0.1, 0.15) is 24.4 Å². The van der Waals surface area contributed by atoms with E-state index in [2.05, 4.69) is 67.8 Å². The fraction of sp³-hybridized carbons (Fsp3) is 0.840. The number of hydrogen-bond acceptors (Lipinski definition) is 10. The molecule has 11 nitrogen and oxygen atoms in total. The second-order valence-electron chi connectivity index (χ2n) is 25.3. The second kappa shape index (κ2) is 63.9. The number of ether oxygens (including phenoxy) is 3. The summed E-state index contributed by atoms with van der Waals surface area (Å²) in [7, 11) is 0. The minimum absolute atomic E-state index is 0.00138. The first-order valence-electron chi connectivity index (χ1n) is 36.6. The van der Waals surface area contributed by atoms with Crippen LogP contribution in [0.1, 0.15) is 341 Å². The maximum Gasteiger partial charge on any atom is 0.305 e. The largest absolute Gasteiger partial charge is 0.466 e. The summed E-state index contributed by atoms with van der Waals surface area (Å²) in [6, 6.07) is -0.826. The van der Waals surface area contributed by atoms with Gasteiger partial charge < -0.3 is 45.1 Å². The van der Waals surface area contributed by atoms with Gasteiger partial charge in [-0.25, -0.2) is 0 Å². The molecule has 1 amide bonds. The van der Waals surface area contributed by atoms with Crippen molar-refractivity contribution in [3.05, 3.63) is 60.8 Å². The molecule has 0 radical (unpaired) electrons. The Morgan fingerprint density at radius 1 is 0.430 bits per heavy atom. The van der Waals surface area contributed by atoms with Crippen LogP contribution in [-0.4, -0.2) is 100 Å². The number of hydrogen-bond donors (Lipinski definition) is 6. The molecule has 1 heterocycles. The zero-order chi connectivity index (χ0) is 62.3. The summed E-state index contributed by atoms with van der Waals surface area (Å²) in [5.74, 6) is -0.193. The lowest BCUT2D eigenvalue weighted by Gasteiger charge is -2.40. The summed E-state index contributed by atoms with van der Waals surface area (Å²) in [4.78, 5) is 25.1. The van der Waals surface area contributed by atoms with Gasteiger partial charge in [-0.2, -0.15) is 0 Å². The Bertz CT molecular complexity index is 1610. The predicted octanol–water partition coefficient (Wildman–Crippen LogP) is 18.9. The number of aliphatic hydroxyl groups excluding tert-OH is 5. The number of allylic oxidation sites excluding steroid dienone is 9. The molecule has 0 spiro atoms. The molecular weight excluding hydrogens is 1070 g/mol. The first-order valence-corrected chi connectivity index (χ1v) is 36.6.